The summed E-state index contributed by atoms with van der Waals surface area (Å²) in [5, 5.41) is 17.8. The maximum atomic E-state index is 14.1. The molecular weight excluding hydrogens is 600 g/mol. The lowest BCUT2D eigenvalue weighted by Crippen LogP contribution is -2.33. The Morgan fingerprint density at radius 1 is 0.833 bits per heavy atom. The number of carbonyl (C=O) groups excluding carboxylic acids is 3. The van der Waals surface area contributed by atoms with Crippen LogP contribution in [0.15, 0.2) is 107 Å². The third-order valence-corrected chi connectivity index (χ3v) is 10.3. The van der Waals surface area contributed by atoms with Crippen molar-refractivity contribution in [2.75, 3.05) is 36.4 Å². The molecule has 0 bridgehead atoms. The fraction of sp³-hybridized carbons (Fsp3) is 0.350. The van der Waals surface area contributed by atoms with Crippen LogP contribution in [0.5, 0.6) is 0 Å². The highest BCUT2D eigenvalue weighted by Crippen LogP contribution is 2.43. The molecule has 6 aliphatic rings. The number of allylic oxidation sites excluding steroid dienone is 11. The number of hydrogen-bond donors (Lipinski definition) is 3. The molecule has 0 spiro atoms. The summed E-state index contributed by atoms with van der Waals surface area (Å²) in [6, 6.07) is 5.71. The number of piperidine rings is 2. The molecule has 48 heavy (non-hydrogen) atoms. The number of aliphatic hydroxyl groups is 1. The lowest BCUT2D eigenvalue weighted by Gasteiger charge is -2.31. The summed E-state index contributed by atoms with van der Waals surface area (Å²) < 4.78 is 2.30. The van der Waals surface area contributed by atoms with Crippen LogP contribution in [0.1, 0.15) is 57.9 Å². The van der Waals surface area contributed by atoms with E-state index in [-0.39, 0.29) is 46.3 Å². The highest BCUT2D eigenvalue weighted by atomic mass is 16.3. The summed E-state index contributed by atoms with van der Waals surface area (Å²) in [7, 11) is 0. The molecule has 0 radical (unpaired) electrons. The molecule has 2 unspecified atom stereocenters. The number of Topliss-reactive ketones (excluding diaryl/α,β-unsaturated/α-hetero) is 1. The number of hydrogen-bond acceptors (Lipinski definition) is 5. The zero-order valence-electron chi connectivity index (χ0n) is 27.7. The molecule has 7 rings (SSSR count). The molecule has 246 valence electrons. The van der Waals surface area contributed by atoms with Crippen molar-refractivity contribution in [3.8, 4) is 0 Å². The van der Waals surface area contributed by atoms with E-state index in [2.05, 4.69) is 20.1 Å². The summed E-state index contributed by atoms with van der Waals surface area (Å²) in [6.07, 6.45) is 23.8. The Bertz CT molecular complexity index is 1860. The van der Waals surface area contributed by atoms with Gasteiger partial charge in [-0.3, -0.25) is 14.4 Å². The Morgan fingerprint density at radius 3 is 2.10 bits per heavy atom. The van der Waals surface area contributed by atoms with Gasteiger partial charge in [0.15, 0.2) is 0 Å². The molecule has 4 aliphatic carbocycles. The Kier molecular flexibility index (Phi) is 8.73. The molecule has 3 N–H and O–H groups in total. The fourth-order valence-corrected chi connectivity index (χ4v) is 7.42. The number of nitrogens with zero attached hydrogens (tertiary/aromatic N) is 2. The first-order valence-corrected chi connectivity index (χ1v) is 17.3. The van der Waals surface area contributed by atoms with Gasteiger partial charge >= 0.3 is 0 Å². The summed E-state index contributed by atoms with van der Waals surface area (Å²) in [5.41, 5.74) is 5.47. The number of benzene rings is 1. The minimum Gasteiger partial charge on any atom is -0.506 e. The number of carbonyl (C=O) groups is 3. The first kappa shape index (κ1) is 31.6. The van der Waals surface area contributed by atoms with Crippen molar-refractivity contribution in [3.63, 3.8) is 0 Å². The largest absolute Gasteiger partial charge is 0.506 e. The van der Waals surface area contributed by atoms with E-state index in [1.54, 1.807) is 0 Å². The molecule has 2 amide bonds. The van der Waals surface area contributed by atoms with Crippen molar-refractivity contribution >= 4 is 40.3 Å². The van der Waals surface area contributed by atoms with Crippen LogP contribution in [0.3, 0.4) is 0 Å². The minimum atomic E-state index is -0.333. The number of nitrogens with one attached hydrogen (secondary N) is 2. The predicted octanol–water partition coefficient (Wildman–Crippen LogP) is 6.24. The number of rotatable bonds is 6. The topological polar surface area (TPSA) is 102 Å². The Labute approximate surface area is 282 Å². The van der Waals surface area contributed by atoms with Gasteiger partial charge in [-0.05, 0) is 50.0 Å². The zero-order chi connectivity index (χ0) is 33.4. The van der Waals surface area contributed by atoms with Gasteiger partial charge in [-0.15, -0.1) is 0 Å². The summed E-state index contributed by atoms with van der Waals surface area (Å²) in [6.45, 7) is 7.65. The van der Waals surface area contributed by atoms with Gasteiger partial charge in [-0.1, -0.05) is 50.3 Å². The van der Waals surface area contributed by atoms with Gasteiger partial charge < -0.3 is 20.6 Å². The maximum absolute atomic E-state index is 14.1. The average Bonchev–Trinajstić information content (AvgIpc) is 3.74. The van der Waals surface area contributed by atoms with Crippen molar-refractivity contribution in [2.24, 2.45) is 11.8 Å². The SMILES string of the molecule is CC1C=CC=C1C(=O)NC1=CC(=[N+]2CCCCC2)C=C/C1=C1\C(=O)C(c2ccc(N3CCCCC3)cc2NC(=O)C2=CC=CC2C)=C1O. The first-order chi connectivity index (χ1) is 23.3. The summed E-state index contributed by atoms with van der Waals surface area (Å²) in [5.74, 6) is -0.977. The smallest absolute Gasteiger partial charge is 0.252 e. The highest BCUT2D eigenvalue weighted by molar-refractivity contribution is 6.40. The molecule has 8 nitrogen and oxygen atoms in total. The number of aliphatic hydroxyl groups excluding tert-OH is 1. The number of ketones is 1. The fourth-order valence-electron chi connectivity index (χ4n) is 7.42. The number of amides is 2. The van der Waals surface area contributed by atoms with Crippen LogP contribution in [-0.4, -0.2) is 59.2 Å². The second-order valence-electron chi connectivity index (χ2n) is 13.5. The standard InChI is InChI=1S/C40H42N4O4/c1-25-11-9-13-29(25)39(47)41-33-23-27(43-19-5-3-6-20-43)15-17-31(33)35-37(45)36(38(35)46)32-18-16-28(44-21-7-4-8-22-44)24-34(32)42-40(48)30-14-10-12-26(30)2/h9-18,23-26H,3-8,19-22H2,1-2H3,(H2,41,42,45,46,47,48)/p+1. The molecule has 2 atom stereocenters. The average molecular weight is 644 g/mol. The molecule has 0 aromatic heterocycles. The summed E-state index contributed by atoms with van der Waals surface area (Å²) >= 11 is 0. The van der Waals surface area contributed by atoms with E-state index < -0.39 is 0 Å². The van der Waals surface area contributed by atoms with Crippen LogP contribution in [0.2, 0.25) is 0 Å². The normalized spacial score (nSPS) is 25.2. The molecule has 2 fully saturated rings. The third-order valence-electron chi connectivity index (χ3n) is 10.3. The molecule has 8 heteroatoms. The summed E-state index contributed by atoms with van der Waals surface area (Å²) in [4.78, 5) is 43.3. The van der Waals surface area contributed by atoms with E-state index in [1.165, 1.54) is 12.8 Å². The van der Waals surface area contributed by atoms with Crippen LogP contribution < -0.4 is 15.5 Å². The third kappa shape index (κ3) is 5.96. The highest BCUT2D eigenvalue weighted by Gasteiger charge is 2.40. The quantitative estimate of drug-likeness (QED) is 0.252. The minimum absolute atomic E-state index is 0.0167. The van der Waals surface area contributed by atoms with Crippen LogP contribution >= 0.6 is 0 Å². The number of anilines is 2. The monoisotopic (exact) mass is 643 g/mol. The van der Waals surface area contributed by atoms with Gasteiger partial charge in [-0.2, -0.15) is 0 Å². The van der Waals surface area contributed by atoms with E-state index in [4.69, 9.17) is 0 Å². The molecule has 0 saturated carbocycles. The second kappa shape index (κ2) is 13.3. The van der Waals surface area contributed by atoms with Crippen LogP contribution in [0.25, 0.3) is 5.57 Å². The second-order valence-corrected chi connectivity index (χ2v) is 13.5. The molecule has 1 aromatic carbocycles. The van der Waals surface area contributed by atoms with Crippen LogP contribution in [0, 0.1) is 11.8 Å². The lowest BCUT2D eigenvalue weighted by atomic mass is 9.78. The van der Waals surface area contributed by atoms with Crippen molar-refractivity contribution in [1.29, 1.82) is 0 Å². The van der Waals surface area contributed by atoms with Crippen molar-refractivity contribution in [2.45, 2.75) is 52.4 Å². The van der Waals surface area contributed by atoms with E-state index >= 15 is 0 Å². The lowest BCUT2D eigenvalue weighted by molar-refractivity contribution is -0.535. The maximum Gasteiger partial charge on any atom is 0.252 e. The van der Waals surface area contributed by atoms with Crippen LogP contribution in [-0.2, 0) is 14.4 Å². The van der Waals surface area contributed by atoms with Crippen LogP contribution in [0.4, 0.5) is 11.4 Å². The van der Waals surface area contributed by atoms with Crippen molar-refractivity contribution in [1.82, 2.24) is 5.32 Å². The Balaban J connectivity index is 1.27. The van der Waals surface area contributed by atoms with Gasteiger partial charge in [0, 0.05) is 77.9 Å². The van der Waals surface area contributed by atoms with Gasteiger partial charge in [-0.25, -0.2) is 4.58 Å². The van der Waals surface area contributed by atoms with Gasteiger partial charge in [0.2, 0.25) is 11.5 Å². The van der Waals surface area contributed by atoms with Crippen molar-refractivity contribution in [3.05, 3.63) is 112 Å². The first-order valence-electron chi connectivity index (χ1n) is 17.3. The van der Waals surface area contributed by atoms with Gasteiger partial charge in [0.1, 0.15) is 18.8 Å². The van der Waals surface area contributed by atoms with Gasteiger partial charge in [0.05, 0.1) is 22.5 Å². The van der Waals surface area contributed by atoms with Gasteiger partial charge in [0.25, 0.3) is 11.8 Å². The Hall–Kier alpha value is -4.98. The van der Waals surface area contributed by atoms with Crippen molar-refractivity contribution < 1.29 is 24.1 Å². The zero-order valence-corrected chi connectivity index (χ0v) is 27.7. The molecule has 2 saturated heterocycles. The van der Waals surface area contributed by atoms with E-state index in [1.807, 2.05) is 86.7 Å². The predicted molar refractivity (Wildman–Crippen MR) is 190 cm³/mol. The van der Waals surface area contributed by atoms with E-state index in [0.717, 1.165) is 63.3 Å². The molecule has 2 heterocycles. The van der Waals surface area contributed by atoms with E-state index in [9.17, 15) is 19.5 Å². The molecule has 2 aliphatic heterocycles. The Morgan fingerprint density at radius 2 is 1.48 bits per heavy atom. The van der Waals surface area contributed by atoms with E-state index in [0.29, 0.717) is 33.7 Å². The molecular formula is C40H43N4O4+. The molecule has 1 aromatic rings.